The van der Waals surface area contributed by atoms with Crippen LogP contribution in [0.15, 0.2) is 24.1 Å². The van der Waals surface area contributed by atoms with Gasteiger partial charge in [0.1, 0.15) is 5.78 Å². The molecule has 0 amide bonds. The van der Waals surface area contributed by atoms with E-state index < -0.39 is 0 Å². The number of ketones is 1. The molecule has 3 rings (SSSR count). The zero-order chi connectivity index (χ0) is 23.4. The van der Waals surface area contributed by atoms with E-state index in [-0.39, 0.29) is 0 Å². The van der Waals surface area contributed by atoms with Crippen molar-refractivity contribution in [2.75, 3.05) is 6.26 Å². The van der Waals surface area contributed by atoms with Crippen LogP contribution in [0, 0.1) is 40.9 Å². The lowest BCUT2D eigenvalue weighted by molar-refractivity contribution is -0.129. The number of rotatable bonds is 7. The van der Waals surface area contributed by atoms with Gasteiger partial charge >= 0.3 is 0 Å². The van der Waals surface area contributed by atoms with E-state index in [1.165, 1.54) is 57.8 Å². The van der Waals surface area contributed by atoms with E-state index in [1.807, 2.05) is 31.6 Å². The van der Waals surface area contributed by atoms with Gasteiger partial charge < -0.3 is 0 Å². The largest absolute Gasteiger partial charge is 0.299 e. The second-order valence-corrected chi connectivity index (χ2v) is 10.7. The number of hydrogen-bond donors (Lipinski definition) is 0. The van der Waals surface area contributed by atoms with Gasteiger partial charge in [-0.3, -0.25) is 4.79 Å². The van der Waals surface area contributed by atoms with E-state index in [1.54, 1.807) is 17.8 Å². The second kappa shape index (κ2) is 14.6. The molecule has 0 saturated heterocycles. The monoisotopic (exact) mass is 448 g/mol. The fourth-order valence-electron chi connectivity index (χ4n) is 7.43. The Kier molecular flexibility index (Phi) is 13.4. The molecule has 0 radical (unpaired) electrons. The number of hydrogen-bond acceptors (Lipinski definition) is 2. The molecule has 3 fully saturated rings. The van der Waals surface area contributed by atoms with Crippen molar-refractivity contribution in [2.45, 2.75) is 106 Å². The van der Waals surface area contributed by atoms with Gasteiger partial charge in [-0.1, -0.05) is 79.5 Å². The third kappa shape index (κ3) is 6.75. The number of thioether (sulfide) groups is 1. The van der Waals surface area contributed by atoms with Crippen molar-refractivity contribution in [1.29, 1.82) is 0 Å². The minimum absolute atomic E-state index is 0.337. The lowest BCUT2D eigenvalue weighted by Gasteiger charge is -2.54. The third-order valence-corrected chi connectivity index (χ3v) is 9.18. The highest BCUT2D eigenvalue weighted by Gasteiger charge is 2.57. The molecular formula is C29H52OS. The van der Waals surface area contributed by atoms with Gasteiger partial charge in [-0.05, 0) is 85.2 Å². The van der Waals surface area contributed by atoms with Gasteiger partial charge in [-0.2, -0.15) is 0 Å². The maximum Gasteiger partial charge on any atom is 0.136 e. The molecule has 0 aromatic heterocycles. The third-order valence-electron chi connectivity index (χ3n) is 8.75. The summed E-state index contributed by atoms with van der Waals surface area (Å²) in [6.07, 6.45) is 18.8. The van der Waals surface area contributed by atoms with E-state index in [9.17, 15) is 4.79 Å². The van der Waals surface area contributed by atoms with Crippen molar-refractivity contribution in [3.8, 4) is 0 Å². The Bertz CT molecular complexity index is 553. The van der Waals surface area contributed by atoms with Crippen LogP contribution in [0.4, 0.5) is 0 Å². The molecule has 3 saturated carbocycles. The van der Waals surface area contributed by atoms with Crippen molar-refractivity contribution in [3.63, 3.8) is 0 Å². The molecule has 3 aliphatic carbocycles. The van der Waals surface area contributed by atoms with Gasteiger partial charge in [0.15, 0.2) is 0 Å². The molecular weight excluding hydrogens is 396 g/mol. The molecule has 31 heavy (non-hydrogen) atoms. The Labute approximate surface area is 199 Å². The van der Waals surface area contributed by atoms with Crippen LogP contribution in [-0.2, 0) is 4.79 Å². The van der Waals surface area contributed by atoms with Crippen LogP contribution in [0.3, 0.4) is 0 Å². The fourth-order valence-corrected chi connectivity index (χ4v) is 7.70. The molecule has 0 bridgehead atoms. The predicted octanol–water partition coefficient (Wildman–Crippen LogP) is 9.34. The summed E-state index contributed by atoms with van der Waals surface area (Å²) in [5, 5.41) is 1.98. The highest BCUT2D eigenvalue weighted by Crippen LogP contribution is 2.63. The number of carbonyl (C=O) groups excluding carboxylic acids is 1. The lowest BCUT2D eigenvalue weighted by Crippen LogP contribution is -2.48. The van der Waals surface area contributed by atoms with Crippen LogP contribution in [0.2, 0.25) is 0 Å². The molecule has 0 N–H and O–H groups in total. The van der Waals surface area contributed by atoms with Crippen molar-refractivity contribution >= 4 is 17.5 Å². The van der Waals surface area contributed by atoms with Crippen LogP contribution < -0.4 is 0 Å². The molecule has 0 aromatic rings. The van der Waals surface area contributed by atoms with E-state index in [2.05, 4.69) is 34.3 Å². The molecule has 7 atom stereocenters. The molecule has 1 nitrogen and oxygen atoms in total. The minimum Gasteiger partial charge on any atom is -0.299 e. The van der Waals surface area contributed by atoms with Gasteiger partial charge in [-0.15, -0.1) is 11.8 Å². The summed E-state index contributed by atoms with van der Waals surface area (Å²) >= 11 is 1.67. The van der Waals surface area contributed by atoms with Crippen molar-refractivity contribution < 1.29 is 4.79 Å². The molecule has 3 aliphatic rings. The SMILES string of the molecule is C=C/C=C\SC.CC.CCCC1C(CC)CCC2C1CCC1(C)C(C(=O)CC)CCC21. The topological polar surface area (TPSA) is 17.1 Å². The average Bonchev–Trinajstić information content (AvgIpc) is 3.16. The molecule has 2 heteroatoms. The maximum atomic E-state index is 12.5. The Morgan fingerprint density at radius 1 is 1.06 bits per heavy atom. The highest BCUT2D eigenvalue weighted by atomic mass is 32.2. The van der Waals surface area contributed by atoms with E-state index in [0.717, 1.165) is 36.0 Å². The van der Waals surface area contributed by atoms with Gasteiger partial charge in [-0.25, -0.2) is 0 Å². The first-order valence-corrected chi connectivity index (χ1v) is 14.6. The van der Waals surface area contributed by atoms with Gasteiger partial charge in [0.25, 0.3) is 0 Å². The van der Waals surface area contributed by atoms with Crippen LogP contribution in [0.25, 0.3) is 0 Å². The first kappa shape index (κ1) is 28.5. The highest BCUT2D eigenvalue weighted by molar-refractivity contribution is 8.01. The first-order chi connectivity index (χ1) is 15.0. The van der Waals surface area contributed by atoms with Crippen LogP contribution in [-0.4, -0.2) is 12.0 Å². The summed E-state index contributed by atoms with van der Waals surface area (Å²) in [7, 11) is 0. The molecule has 0 heterocycles. The molecule has 0 spiro atoms. The predicted molar refractivity (Wildman–Crippen MR) is 141 cm³/mol. The molecule has 0 aromatic carbocycles. The van der Waals surface area contributed by atoms with Gasteiger partial charge in [0, 0.05) is 12.3 Å². The summed E-state index contributed by atoms with van der Waals surface area (Å²) < 4.78 is 0. The number of Topliss-reactive ketones (excluding diaryl/α,β-unsaturated/α-hetero) is 1. The number of fused-ring (bicyclic) bond motifs is 3. The van der Waals surface area contributed by atoms with Crippen LogP contribution >= 0.6 is 11.8 Å². The van der Waals surface area contributed by atoms with Gasteiger partial charge in [0.2, 0.25) is 0 Å². The normalized spacial score (nSPS) is 36.4. The van der Waals surface area contributed by atoms with Crippen molar-refractivity contribution in [1.82, 2.24) is 0 Å². The summed E-state index contributed by atoms with van der Waals surface area (Å²) in [6.45, 7) is 16.8. The quantitative estimate of drug-likeness (QED) is 0.361. The molecule has 180 valence electrons. The van der Waals surface area contributed by atoms with Gasteiger partial charge in [0.05, 0.1) is 0 Å². The Morgan fingerprint density at radius 3 is 2.29 bits per heavy atom. The maximum absolute atomic E-state index is 12.5. The zero-order valence-corrected chi connectivity index (χ0v) is 22.6. The Hall–Kier alpha value is -0.500. The smallest absolute Gasteiger partial charge is 0.136 e. The van der Waals surface area contributed by atoms with Crippen LogP contribution in [0.5, 0.6) is 0 Å². The summed E-state index contributed by atoms with van der Waals surface area (Å²) in [6, 6.07) is 0. The summed E-state index contributed by atoms with van der Waals surface area (Å²) in [5.74, 6) is 5.65. The summed E-state index contributed by atoms with van der Waals surface area (Å²) in [5.41, 5.74) is 0.337. The minimum atomic E-state index is 0.337. The Morgan fingerprint density at radius 2 is 1.77 bits per heavy atom. The summed E-state index contributed by atoms with van der Waals surface area (Å²) in [4.78, 5) is 12.5. The standard InChI is InChI=1S/C22H38O.C5H8S.C2H6/c1-5-8-16-15(6-2)9-10-18-17(16)13-14-22(4)19(18)11-12-20(22)21(23)7-3;1-3-4-5-6-2;1-2/h15-20H,5-14H2,1-4H3;3-5H,1H2,2H3;1-2H3/b;5-4-;. The van der Waals surface area contributed by atoms with E-state index in [4.69, 9.17) is 0 Å². The number of allylic oxidation sites excluding steroid dienone is 2. The zero-order valence-electron chi connectivity index (χ0n) is 21.8. The molecule has 7 unspecified atom stereocenters. The Balaban J connectivity index is 0.000000521. The number of carbonyl (C=O) groups is 1. The van der Waals surface area contributed by atoms with E-state index >= 15 is 0 Å². The second-order valence-electron chi connectivity index (χ2n) is 9.93. The first-order valence-electron chi connectivity index (χ1n) is 13.3. The van der Waals surface area contributed by atoms with Crippen molar-refractivity contribution in [2.24, 2.45) is 40.9 Å². The molecule has 0 aliphatic heterocycles. The van der Waals surface area contributed by atoms with Crippen LogP contribution in [0.1, 0.15) is 106 Å². The fraction of sp³-hybridized carbons (Fsp3) is 0.828. The average molecular weight is 449 g/mol. The lowest BCUT2D eigenvalue weighted by atomic mass is 9.50. The van der Waals surface area contributed by atoms with Crippen molar-refractivity contribution in [3.05, 3.63) is 24.1 Å². The van der Waals surface area contributed by atoms with E-state index in [0.29, 0.717) is 17.1 Å².